The topological polar surface area (TPSA) is 67.1 Å². The van der Waals surface area contributed by atoms with Crippen LogP contribution < -0.4 is 11.1 Å². The van der Waals surface area contributed by atoms with Crippen molar-refractivity contribution in [1.82, 2.24) is 20.2 Å². The van der Waals surface area contributed by atoms with Gasteiger partial charge in [-0.3, -0.25) is 4.90 Å². The van der Waals surface area contributed by atoms with Crippen molar-refractivity contribution in [2.24, 2.45) is 5.92 Å². The molecule has 0 spiro atoms. The highest BCUT2D eigenvalue weighted by Crippen LogP contribution is 2.26. The van der Waals surface area contributed by atoms with E-state index < -0.39 is 0 Å². The second kappa shape index (κ2) is 5.24. The fraction of sp³-hybridized carbons (Fsp3) is 0.500. The zero-order chi connectivity index (χ0) is 14.2. The number of fused-ring (bicyclic) bond motifs is 2. The quantitative estimate of drug-likeness (QED) is 0.872. The molecule has 0 unspecified atom stereocenters. The largest absolute Gasteiger partial charge is 0.383 e. The van der Waals surface area contributed by atoms with Crippen molar-refractivity contribution in [2.75, 3.05) is 25.4 Å². The lowest BCUT2D eigenvalue weighted by Crippen LogP contribution is -2.40. The van der Waals surface area contributed by atoms with Gasteiger partial charge in [0.2, 0.25) is 0 Å². The third kappa shape index (κ3) is 2.47. The number of benzene rings is 1. The molecule has 1 aromatic carbocycles. The molecule has 0 amide bonds. The molecule has 5 nitrogen and oxygen atoms in total. The van der Waals surface area contributed by atoms with Crippen molar-refractivity contribution >= 4 is 16.7 Å². The Labute approximate surface area is 124 Å². The number of para-hydroxylation sites is 1. The van der Waals surface area contributed by atoms with E-state index in [0.29, 0.717) is 11.9 Å². The zero-order valence-corrected chi connectivity index (χ0v) is 12.1. The molecule has 2 aromatic rings. The van der Waals surface area contributed by atoms with Crippen LogP contribution in [0.2, 0.25) is 0 Å². The van der Waals surface area contributed by atoms with Gasteiger partial charge in [0.05, 0.1) is 12.1 Å². The number of nitrogens with zero attached hydrogens (tertiary/aromatic N) is 3. The van der Waals surface area contributed by atoms with Crippen LogP contribution in [0.25, 0.3) is 10.9 Å². The molecule has 4 rings (SSSR count). The minimum atomic E-state index is 0.588. The summed E-state index contributed by atoms with van der Waals surface area (Å²) >= 11 is 0. The first-order valence-corrected chi connectivity index (χ1v) is 7.76. The molecule has 0 bridgehead atoms. The molecule has 0 aliphatic carbocycles. The average molecular weight is 283 g/mol. The number of hydrogen-bond acceptors (Lipinski definition) is 5. The Morgan fingerprint density at radius 3 is 3.05 bits per heavy atom. The van der Waals surface area contributed by atoms with Gasteiger partial charge in [0, 0.05) is 24.5 Å². The van der Waals surface area contributed by atoms with Gasteiger partial charge < -0.3 is 11.1 Å². The molecule has 2 saturated heterocycles. The monoisotopic (exact) mass is 283 g/mol. The van der Waals surface area contributed by atoms with Gasteiger partial charge in [0.1, 0.15) is 11.6 Å². The number of piperidine rings is 1. The smallest absolute Gasteiger partial charge is 0.145 e. The van der Waals surface area contributed by atoms with E-state index in [0.717, 1.165) is 48.8 Å². The predicted octanol–water partition coefficient (Wildman–Crippen LogP) is 1.40. The lowest BCUT2D eigenvalue weighted by molar-refractivity contribution is 0.306. The molecule has 0 radical (unpaired) electrons. The molecule has 2 atom stereocenters. The third-order valence-corrected chi connectivity index (χ3v) is 4.72. The molecule has 2 aliphatic heterocycles. The van der Waals surface area contributed by atoms with Crippen molar-refractivity contribution in [3.8, 4) is 0 Å². The highest BCUT2D eigenvalue weighted by molar-refractivity contribution is 5.87. The first-order chi connectivity index (χ1) is 10.3. The molecule has 1 aromatic heterocycles. The summed E-state index contributed by atoms with van der Waals surface area (Å²) in [5, 5.41) is 4.57. The second-order valence-corrected chi connectivity index (χ2v) is 6.20. The Hall–Kier alpha value is -1.72. The number of nitrogens with one attached hydrogen (secondary N) is 1. The summed E-state index contributed by atoms with van der Waals surface area (Å²) in [7, 11) is 0. The Morgan fingerprint density at radius 1 is 1.24 bits per heavy atom. The van der Waals surface area contributed by atoms with E-state index >= 15 is 0 Å². The zero-order valence-electron chi connectivity index (χ0n) is 12.1. The molecular weight excluding hydrogens is 262 g/mol. The number of nitrogens with two attached hydrogens (primary N) is 1. The summed E-state index contributed by atoms with van der Waals surface area (Å²) in [6, 6.07) is 8.59. The van der Waals surface area contributed by atoms with Crippen LogP contribution in [0.15, 0.2) is 24.3 Å². The molecule has 21 heavy (non-hydrogen) atoms. The van der Waals surface area contributed by atoms with Gasteiger partial charge in [-0.15, -0.1) is 0 Å². The molecule has 3 heterocycles. The molecule has 110 valence electrons. The van der Waals surface area contributed by atoms with E-state index in [-0.39, 0.29) is 0 Å². The molecule has 5 heteroatoms. The Kier molecular flexibility index (Phi) is 3.24. The van der Waals surface area contributed by atoms with Crippen molar-refractivity contribution in [2.45, 2.75) is 25.4 Å². The Bertz CT molecular complexity index is 642. The summed E-state index contributed by atoms with van der Waals surface area (Å²) in [5.74, 6) is 2.21. The van der Waals surface area contributed by atoms with Crippen molar-refractivity contribution < 1.29 is 0 Å². The first-order valence-electron chi connectivity index (χ1n) is 7.76. The maximum absolute atomic E-state index is 6.07. The van der Waals surface area contributed by atoms with Crippen LogP contribution in [-0.2, 0) is 6.54 Å². The van der Waals surface area contributed by atoms with Crippen molar-refractivity contribution in [3.05, 3.63) is 30.1 Å². The van der Waals surface area contributed by atoms with Crippen LogP contribution in [0, 0.1) is 5.92 Å². The fourth-order valence-electron chi connectivity index (χ4n) is 3.69. The minimum Gasteiger partial charge on any atom is -0.383 e. The molecule has 3 N–H and O–H groups in total. The number of anilines is 1. The van der Waals surface area contributed by atoms with E-state index in [4.69, 9.17) is 5.73 Å². The maximum atomic E-state index is 6.07. The number of rotatable bonds is 2. The van der Waals surface area contributed by atoms with Crippen LogP contribution in [0.1, 0.15) is 18.7 Å². The van der Waals surface area contributed by atoms with Crippen LogP contribution >= 0.6 is 0 Å². The van der Waals surface area contributed by atoms with Crippen molar-refractivity contribution in [3.63, 3.8) is 0 Å². The fourth-order valence-corrected chi connectivity index (χ4v) is 3.69. The summed E-state index contributed by atoms with van der Waals surface area (Å²) in [6.07, 6.45) is 2.64. The van der Waals surface area contributed by atoms with Gasteiger partial charge in [-0.2, -0.15) is 0 Å². The summed E-state index contributed by atoms with van der Waals surface area (Å²) in [6.45, 7) is 4.20. The summed E-state index contributed by atoms with van der Waals surface area (Å²) in [5.41, 5.74) is 7.01. The van der Waals surface area contributed by atoms with E-state index in [2.05, 4.69) is 20.2 Å². The van der Waals surface area contributed by atoms with E-state index in [1.807, 2.05) is 24.3 Å². The third-order valence-electron chi connectivity index (χ3n) is 4.72. The van der Waals surface area contributed by atoms with Gasteiger partial charge in [0.15, 0.2) is 0 Å². The van der Waals surface area contributed by atoms with E-state index in [9.17, 15) is 0 Å². The normalized spacial score (nSPS) is 26.1. The molecule has 2 fully saturated rings. The SMILES string of the molecule is Nc1nc(CN2C[C@@H]3CCCN[C@@H]3C2)nc2ccccc12. The number of likely N-dealkylation sites (tertiary alicyclic amines) is 1. The van der Waals surface area contributed by atoms with E-state index in [1.54, 1.807) is 0 Å². The molecule has 2 aliphatic rings. The van der Waals surface area contributed by atoms with Crippen LogP contribution in [0.4, 0.5) is 5.82 Å². The first kappa shape index (κ1) is 13.0. The summed E-state index contributed by atoms with van der Waals surface area (Å²) < 4.78 is 0. The maximum Gasteiger partial charge on any atom is 0.145 e. The van der Waals surface area contributed by atoms with Gasteiger partial charge in [-0.1, -0.05) is 12.1 Å². The minimum absolute atomic E-state index is 0.588. The highest BCUT2D eigenvalue weighted by Gasteiger charge is 2.34. The van der Waals surface area contributed by atoms with Gasteiger partial charge in [-0.25, -0.2) is 9.97 Å². The molecule has 0 saturated carbocycles. The van der Waals surface area contributed by atoms with Crippen LogP contribution in [0.5, 0.6) is 0 Å². The lowest BCUT2D eigenvalue weighted by Gasteiger charge is -2.24. The van der Waals surface area contributed by atoms with Crippen molar-refractivity contribution in [1.29, 1.82) is 0 Å². The van der Waals surface area contributed by atoms with E-state index in [1.165, 1.54) is 12.8 Å². The highest BCUT2D eigenvalue weighted by atomic mass is 15.2. The lowest BCUT2D eigenvalue weighted by atomic mass is 9.94. The van der Waals surface area contributed by atoms with Crippen LogP contribution in [0.3, 0.4) is 0 Å². The van der Waals surface area contributed by atoms with Crippen LogP contribution in [-0.4, -0.2) is 40.5 Å². The Morgan fingerprint density at radius 2 is 2.14 bits per heavy atom. The summed E-state index contributed by atoms with van der Waals surface area (Å²) in [4.78, 5) is 11.6. The van der Waals surface area contributed by atoms with Gasteiger partial charge >= 0.3 is 0 Å². The molecular formula is C16H21N5. The standard InChI is InChI=1S/C16H21N5/c17-16-12-5-1-2-6-13(12)19-15(20-16)10-21-8-11-4-3-7-18-14(11)9-21/h1-2,5-6,11,14,18H,3-4,7-10H2,(H2,17,19,20)/t11-,14+/m0/s1. The second-order valence-electron chi connectivity index (χ2n) is 6.20. The van der Waals surface area contributed by atoms with Gasteiger partial charge in [0.25, 0.3) is 0 Å². The Balaban J connectivity index is 1.55. The number of nitrogen functional groups attached to an aromatic ring is 1. The number of hydrogen-bond donors (Lipinski definition) is 2. The average Bonchev–Trinajstić information content (AvgIpc) is 2.89. The predicted molar refractivity (Wildman–Crippen MR) is 83.7 cm³/mol. The number of aromatic nitrogens is 2. The van der Waals surface area contributed by atoms with Gasteiger partial charge in [-0.05, 0) is 37.4 Å².